The van der Waals surface area contributed by atoms with Gasteiger partial charge in [-0.05, 0) is 24.3 Å². The summed E-state index contributed by atoms with van der Waals surface area (Å²) in [5, 5.41) is 3.18. The summed E-state index contributed by atoms with van der Waals surface area (Å²) in [5.41, 5.74) is 1.04. The Morgan fingerprint density at radius 2 is 1.75 bits per heavy atom. The van der Waals surface area contributed by atoms with Crippen molar-refractivity contribution in [3.05, 3.63) is 42.0 Å². The maximum Gasteiger partial charge on any atom is 0.257 e. The highest BCUT2D eigenvalue weighted by Gasteiger charge is 2.19. The van der Waals surface area contributed by atoms with Gasteiger partial charge in [0.25, 0.3) is 5.91 Å². The maximum absolute atomic E-state index is 12.5. The molecule has 2 aromatic carbocycles. The number of rotatable bonds is 4. The highest BCUT2D eigenvalue weighted by Crippen LogP contribution is 2.37. The minimum absolute atomic E-state index is 0.125. The second-order valence-electron chi connectivity index (χ2n) is 6.25. The number of benzene rings is 2. The maximum atomic E-state index is 12.5. The van der Waals surface area contributed by atoms with Crippen LogP contribution in [0.5, 0.6) is 11.5 Å². The Morgan fingerprint density at radius 1 is 1.11 bits per heavy atom. The Hall–Kier alpha value is -2.69. The van der Waals surface area contributed by atoms with Crippen LogP contribution in [0, 0.1) is 0 Å². The Balaban J connectivity index is 1.55. The quantitative estimate of drug-likeness (QED) is 0.698. The van der Waals surface area contributed by atoms with Gasteiger partial charge in [-0.2, -0.15) is 0 Å². The van der Waals surface area contributed by atoms with E-state index in [9.17, 15) is 13.2 Å². The predicted molar refractivity (Wildman–Crippen MR) is 106 cm³/mol. The lowest BCUT2D eigenvalue weighted by atomic mass is 10.2. The number of thiazole rings is 1. The lowest BCUT2D eigenvalue weighted by molar-refractivity contribution is 0.102. The van der Waals surface area contributed by atoms with Crippen LogP contribution in [0.2, 0.25) is 0 Å². The zero-order chi connectivity index (χ0) is 19.9. The highest BCUT2D eigenvalue weighted by atomic mass is 32.2. The van der Waals surface area contributed by atoms with Crippen molar-refractivity contribution in [1.29, 1.82) is 0 Å². The number of fused-ring (bicyclic) bond motifs is 2. The Labute approximate surface area is 165 Å². The van der Waals surface area contributed by atoms with Crippen LogP contribution in [-0.2, 0) is 10.0 Å². The first-order valence-electron chi connectivity index (χ1n) is 8.39. The van der Waals surface area contributed by atoms with Crippen molar-refractivity contribution in [2.75, 3.05) is 32.6 Å². The summed E-state index contributed by atoms with van der Waals surface area (Å²) in [6.45, 7) is 0.992. The second-order valence-corrected chi connectivity index (χ2v) is 9.43. The van der Waals surface area contributed by atoms with E-state index in [4.69, 9.17) is 9.47 Å². The molecule has 0 saturated heterocycles. The number of hydrogen-bond acceptors (Lipinski definition) is 7. The molecule has 0 spiro atoms. The lowest BCUT2D eigenvalue weighted by Crippen LogP contribution is -2.22. The number of hydrogen-bond donors (Lipinski definition) is 1. The third kappa shape index (κ3) is 3.41. The summed E-state index contributed by atoms with van der Waals surface area (Å²) in [7, 11) is -0.625. The molecular formula is C18H17N3O5S2. The van der Waals surface area contributed by atoms with Crippen LogP contribution >= 0.6 is 11.3 Å². The summed E-state index contributed by atoms with van der Waals surface area (Å²) in [5.74, 6) is 0.933. The van der Waals surface area contributed by atoms with Gasteiger partial charge in [-0.25, -0.2) is 17.7 Å². The van der Waals surface area contributed by atoms with Crippen molar-refractivity contribution in [2.45, 2.75) is 4.90 Å². The number of nitrogens with one attached hydrogen (secondary N) is 1. The first kappa shape index (κ1) is 18.7. The average Bonchev–Trinajstić information content (AvgIpc) is 3.06. The van der Waals surface area contributed by atoms with Crippen molar-refractivity contribution in [3.63, 3.8) is 0 Å². The first-order valence-corrected chi connectivity index (χ1v) is 10.6. The van der Waals surface area contributed by atoms with Crippen LogP contribution in [0.1, 0.15) is 10.4 Å². The highest BCUT2D eigenvalue weighted by molar-refractivity contribution is 7.89. The topological polar surface area (TPSA) is 97.8 Å². The smallest absolute Gasteiger partial charge is 0.257 e. The average molecular weight is 419 g/mol. The van der Waals surface area contributed by atoms with Crippen LogP contribution in [0.4, 0.5) is 5.13 Å². The van der Waals surface area contributed by atoms with Gasteiger partial charge >= 0.3 is 0 Å². The van der Waals surface area contributed by atoms with Crippen LogP contribution in [0.15, 0.2) is 41.3 Å². The largest absolute Gasteiger partial charge is 0.486 e. The van der Waals surface area contributed by atoms with Gasteiger partial charge in [-0.3, -0.25) is 10.1 Å². The van der Waals surface area contributed by atoms with Crippen molar-refractivity contribution in [2.24, 2.45) is 0 Å². The van der Waals surface area contributed by atoms with E-state index in [0.717, 1.165) is 9.01 Å². The van der Waals surface area contributed by atoms with Gasteiger partial charge in [0.1, 0.15) is 13.2 Å². The van der Waals surface area contributed by atoms with E-state index in [2.05, 4.69) is 10.3 Å². The molecule has 1 amide bonds. The van der Waals surface area contributed by atoms with E-state index in [1.807, 2.05) is 6.07 Å². The molecule has 8 nitrogen and oxygen atoms in total. The molecule has 0 aliphatic carbocycles. The Bertz CT molecular complexity index is 1110. The zero-order valence-electron chi connectivity index (χ0n) is 15.1. The van der Waals surface area contributed by atoms with E-state index in [-0.39, 0.29) is 10.8 Å². The molecule has 4 rings (SSSR count). The van der Waals surface area contributed by atoms with Gasteiger partial charge in [0.15, 0.2) is 16.6 Å². The monoisotopic (exact) mass is 419 g/mol. The molecule has 1 aliphatic rings. The fraction of sp³-hybridized carbons (Fsp3) is 0.222. The van der Waals surface area contributed by atoms with Crippen molar-refractivity contribution >= 4 is 42.6 Å². The van der Waals surface area contributed by atoms with E-state index in [1.165, 1.54) is 49.7 Å². The molecule has 28 heavy (non-hydrogen) atoms. The summed E-state index contributed by atoms with van der Waals surface area (Å²) in [6, 6.07) is 9.39. The first-order chi connectivity index (χ1) is 13.3. The second kappa shape index (κ2) is 7.04. The normalized spacial score (nSPS) is 13.7. The minimum Gasteiger partial charge on any atom is -0.486 e. The van der Waals surface area contributed by atoms with E-state index in [1.54, 1.807) is 6.07 Å². The number of aromatic nitrogens is 1. The molecule has 0 fully saturated rings. The molecular weight excluding hydrogens is 402 g/mol. The fourth-order valence-electron chi connectivity index (χ4n) is 2.68. The molecule has 1 aromatic heterocycles. The van der Waals surface area contributed by atoms with Gasteiger partial charge < -0.3 is 9.47 Å². The van der Waals surface area contributed by atoms with Crippen LogP contribution < -0.4 is 14.8 Å². The van der Waals surface area contributed by atoms with Gasteiger partial charge in [-0.15, -0.1) is 0 Å². The van der Waals surface area contributed by atoms with Crippen molar-refractivity contribution in [1.82, 2.24) is 9.29 Å². The molecule has 0 saturated carbocycles. The third-order valence-corrected chi connectivity index (χ3v) is 6.93. The number of ether oxygens (including phenoxy) is 2. The molecule has 10 heteroatoms. The van der Waals surface area contributed by atoms with E-state index in [0.29, 0.717) is 40.9 Å². The number of sulfonamides is 1. The van der Waals surface area contributed by atoms with Gasteiger partial charge in [0, 0.05) is 31.8 Å². The van der Waals surface area contributed by atoms with E-state index < -0.39 is 10.0 Å². The zero-order valence-corrected chi connectivity index (χ0v) is 16.8. The van der Waals surface area contributed by atoms with Gasteiger partial charge in [-0.1, -0.05) is 11.3 Å². The molecule has 3 aromatic rings. The molecule has 2 heterocycles. The number of carbonyl (C=O) groups is 1. The van der Waals surface area contributed by atoms with E-state index >= 15 is 0 Å². The van der Waals surface area contributed by atoms with Gasteiger partial charge in [0.05, 0.1) is 15.1 Å². The summed E-state index contributed by atoms with van der Waals surface area (Å²) < 4.78 is 37.3. The number of anilines is 1. The standard InChI is InChI=1S/C18H17N3O5S2/c1-21(2)28(23,24)12-5-3-11(4-6-12)17(22)20-18-19-13-9-14-15(10-16(13)27-18)26-8-7-25-14/h3-6,9-10H,7-8H2,1-2H3,(H,19,20,22). The molecule has 0 radical (unpaired) electrons. The molecule has 0 bridgehead atoms. The molecule has 1 aliphatic heterocycles. The Kier molecular flexibility index (Phi) is 4.69. The lowest BCUT2D eigenvalue weighted by Gasteiger charge is -2.17. The predicted octanol–water partition coefficient (Wildman–Crippen LogP) is 2.57. The van der Waals surface area contributed by atoms with Crippen molar-refractivity contribution in [3.8, 4) is 11.5 Å². The molecule has 1 N–H and O–H groups in total. The molecule has 146 valence electrons. The van der Waals surface area contributed by atoms with Crippen molar-refractivity contribution < 1.29 is 22.7 Å². The third-order valence-electron chi connectivity index (χ3n) is 4.17. The minimum atomic E-state index is -3.54. The van der Waals surface area contributed by atoms with Crippen LogP contribution in [-0.4, -0.2) is 50.9 Å². The Morgan fingerprint density at radius 3 is 2.39 bits per heavy atom. The number of amides is 1. The van der Waals surface area contributed by atoms with Crippen LogP contribution in [0.25, 0.3) is 10.2 Å². The molecule has 0 atom stereocenters. The summed E-state index contributed by atoms with van der Waals surface area (Å²) in [6.07, 6.45) is 0. The van der Waals surface area contributed by atoms with Crippen LogP contribution in [0.3, 0.4) is 0 Å². The number of carbonyl (C=O) groups excluding carboxylic acids is 1. The summed E-state index contributed by atoms with van der Waals surface area (Å²) in [4.78, 5) is 17.0. The van der Waals surface area contributed by atoms with Gasteiger partial charge in [0.2, 0.25) is 10.0 Å². The summed E-state index contributed by atoms with van der Waals surface area (Å²) >= 11 is 1.32. The molecule has 0 unspecified atom stereocenters. The SMILES string of the molecule is CN(C)S(=O)(=O)c1ccc(C(=O)Nc2nc3cc4c(cc3s2)OCCO4)cc1. The fourth-order valence-corrected chi connectivity index (χ4v) is 4.45. The number of nitrogens with zero attached hydrogens (tertiary/aromatic N) is 2.